The predicted octanol–water partition coefficient (Wildman–Crippen LogP) is 1.84. The number of carboxylic acids is 1. The molecule has 5 heteroatoms. The zero-order valence-electron chi connectivity index (χ0n) is 9.22. The van der Waals surface area contributed by atoms with Gasteiger partial charge in [0, 0.05) is 13.0 Å². The molecule has 2 N–H and O–H groups in total. The number of para-hydroxylation sites is 1. The summed E-state index contributed by atoms with van der Waals surface area (Å²) in [6.45, 7) is 0.139. The molecule has 2 rings (SSSR count). The van der Waals surface area contributed by atoms with Gasteiger partial charge in [-0.1, -0.05) is 6.07 Å². The van der Waals surface area contributed by atoms with E-state index in [9.17, 15) is 4.79 Å². The summed E-state index contributed by atoms with van der Waals surface area (Å²) in [5.74, 6) is -0.504. The average Bonchev–Trinajstić information content (AvgIpc) is 2.71. The smallest absolute Gasteiger partial charge is 0.339 e. The number of aliphatic hydroxyl groups excluding tert-OH is 1. The van der Waals surface area contributed by atoms with E-state index in [1.807, 2.05) is 0 Å². The molecule has 0 amide bonds. The summed E-state index contributed by atoms with van der Waals surface area (Å²) in [5, 5.41) is 17.7. The van der Waals surface area contributed by atoms with Gasteiger partial charge < -0.3 is 14.6 Å². The zero-order chi connectivity index (χ0) is 12.3. The Morgan fingerprint density at radius 2 is 2.18 bits per heavy atom. The van der Waals surface area contributed by atoms with E-state index in [4.69, 9.17) is 14.6 Å². The average molecular weight is 235 g/mol. The number of hydrogen-bond donors (Lipinski definition) is 2. The molecule has 0 bridgehead atoms. The van der Waals surface area contributed by atoms with Crippen LogP contribution in [0, 0.1) is 0 Å². The summed E-state index contributed by atoms with van der Waals surface area (Å²) in [6.07, 6.45) is 2.06. The van der Waals surface area contributed by atoms with E-state index in [-0.39, 0.29) is 12.2 Å². The van der Waals surface area contributed by atoms with Crippen molar-refractivity contribution in [1.82, 2.24) is 4.98 Å². The number of carboxylic acid groups (broad SMARTS) is 1. The van der Waals surface area contributed by atoms with Gasteiger partial charge in [-0.25, -0.2) is 9.78 Å². The molecule has 1 heterocycles. The maximum absolute atomic E-state index is 11.0. The van der Waals surface area contributed by atoms with Gasteiger partial charge in [0.1, 0.15) is 11.1 Å². The number of aromatic carboxylic acids is 1. The fourth-order valence-corrected chi connectivity index (χ4v) is 1.66. The van der Waals surface area contributed by atoms with Crippen molar-refractivity contribution in [1.29, 1.82) is 0 Å². The molecule has 2 aromatic rings. The van der Waals surface area contributed by atoms with Crippen LogP contribution in [0.3, 0.4) is 0 Å². The number of fused-ring (bicyclic) bond motifs is 1. The van der Waals surface area contributed by atoms with Crippen LogP contribution in [0.4, 0.5) is 0 Å². The Hall–Kier alpha value is -1.88. The van der Waals surface area contributed by atoms with Gasteiger partial charge in [0.05, 0.1) is 0 Å². The normalized spacial score (nSPS) is 10.9. The first-order valence-electron chi connectivity index (χ1n) is 5.45. The lowest BCUT2D eigenvalue weighted by Gasteiger charge is -1.94. The van der Waals surface area contributed by atoms with Gasteiger partial charge in [-0.15, -0.1) is 0 Å². The molecular weight excluding hydrogens is 222 g/mol. The monoisotopic (exact) mass is 235 g/mol. The van der Waals surface area contributed by atoms with Gasteiger partial charge in [0.25, 0.3) is 0 Å². The summed E-state index contributed by atoms with van der Waals surface area (Å²) in [5.41, 5.74) is 1.01. The van der Waals surface area contributed by atoms with Crippen LogP contribution in [0.5, 0.6) is 0 Å². The molecule has 0 aliphatic rings. The van der Waals surface area contributed by atoms with Crippen LogP contribution in [0.1, 0.15) is 29.1 Å². The van der Waals surface area contributed by atoms with Crippen LogP contribution in [-0.2, 0) is 6.42 Å². The van der Waals surface area contributed by atoms with Crippen molar-refractivity contribution in [3.8, 4) is 0 Å². The van der Waals surface area contributed by atoms with Crippen LogP contribution in [0.2, 0.25) is 0 Å². The van der Waals surface area contributed by atoms with Gasteiger partial charge >= 0.3 is 5.97 Å². The Kier molecular flexibility index (Phi) is 3.39. The molecule has 0 radical (unpaired) electrons. The molecule has 90 valence electrons. The van der Waals surface area contributed by atoms with Crippen molar-refractivity contribution >= 4 is 17.1 Å². The summed E-state index contributed by atoms with van der Waals surface area (Å²) in [6, 6.07) is 4.86. The molecule has 1 aromatic heterocycles. The predicted molar refractivity (Wildman–Crippen MR) is 61.0 cm³/mol. The third-order valence-corrected chi connectivity index (χ3v) is 2.49. The van der Waals surface area contributed by atoms with E-state index >= 15 is 0 Å². The van der Waals surface area contributed by atoms with Gasteiger partial charge in [0.15, 0.2) is 11.5 Å². The number of unbranched alkanes of at least 4 members (excludes halogenated alkanes) is 1. The second-order valence-corrected chi connectivity index (χ2v) is 3.75. The lowest BCUT2D eigenvalue weighted by Crippen LogP contribution is -1.95. The van der Waals surface area contributed by atoms with E-state index in [0.717, 1.165) is 6.42 Å². The number of hydrogen-bond acceptors (Lipinski definition) is 4. The number of carbonyl (C=O) groups is 1. The van der Waals surface area contributed by atoms with E-state index in [1.54, 1.807) is 12.1 Å². The fraction of sp³-hybridized carbons (Fsp3) is 0.333. The van der Waals surface area contributed by atoms with Gasteiger partial charge in [-0.3, -0.25) is 0 Å². The molecule has 0 fully saturated rings. The third kappa shape index (κ3) is 2.45. The maximum Gasteiger partial charge on any atom is 0.339 e. The number of oxazole rings is 1. The largest absolute Gasteiger partial charge is 0.478 e. The minimum atomic E-state index is -1.02. The Morgan fingerprint density at radius 3 is 2.88 bits per heavy atom. The molecule has 17 heavy (non-hydrogen) atoms. The standard InChI is InChI=1S/C12H13NO4/c14-7-2-1-6-10-13-9-5-3-4-8(12(15)16)11(9)17-10/h3-5,14H,1-2,6-7H2,(H,15,16). The van der Waals surface area contributed by atoms with Crippen molar-refractivity contribution in [2.24, 2.45) is 0 Å². The first-order valence-corrected chi connectivity index (χ1v) is 5.45. The number of aryl methyl sites for hydroxylation is 1. The summed E-state index contributed by atoms with van der Waals surface area (Å²) >= 11 is 0. The minimum absolute atomic E-state index is 0.128. The maximum atomic E-state index is 11.0. The highest BCUT2D eigenvalue weighted by Crippen LogP contribution is 2.20. The lowest BCUT2D eigenvalue weighted by atomic mass is 10.2. The fourth-order valence-electron chi connectivity index (χ4n) is 1.66. The quantitative estimate of drug-likeness (QED) is 0.772. The molecular formula is C12H13NO4. The molecule has 0 unspecified atom stereocenters. The van der Waals surface area contributed by atoms with Crippen molar-refractivity contribution in [2.75, 3.05) is 6.61 Å². The molecule has 5 nitrogen and oxygen atoms in total. The Morgan fingerprint density at radius 1 is 1.35 bits per heavy atom. The lowest BCUT2D eigenvalue weighted by molar-refractivity contribution is 0.0698. The van der Waals surface area contributed by atoms with Crippen LogP contribution < -0.4 is 0 Å². The van der Waals surface area contributed by atoms with Gasteiger partial charge in [-0.2, -0.15) is 0 Å². The summed E-state index contributed by atoms with van der Waals surface area (Å²) in [7, 11) is 0. The highest BCUT2D eigenvalue weighted by Gasteiger charge is 2.14. The van der Waals surface area contributed by atoms with Crippen molar-refractivity contribution < 1.29 is 19.4 Å². The van der Waals surface area contributed by atoms with E-state index < -0.39 is 5.97 Å². The summed E-state index contributed by atoms with van der Waals surface area (Å²) < 4.78 is 5.43. The van der Waals surface area contributed by atoms with E-state index in [1.165, 1.54) is 6.07 Å². The number of nitrogens with zero attached hydrogens (tertiary/aromatic N) is 1. The Labute approximate surface area is 97.7 Å². The van der Waals surface area contributed by atoms with Crippen LogP contribution in [0.15, 0.2) is 22.6 Å². The molecule has 0 aliphatic heterocycles. The Bertz CT molecular complexity index is 532. The van der Waals surface area contributed by atoms with Crippen molar-refractivity contribution in [3.63, 3.8) is 0 Å². The molecule has 1 aromatic carbocycles. The third-order valence-electron chi connectivity index (χ3n) is 2.49. The second kappa shape index (κ2) is 4.97. The van der Waals surface area contributed by atoms with Gasteiger partial charge in [-0.05, 0) is 25.0 Å². The number of rotatable bonds is 5. The molecule has 0 aliphatic carbocycles. The number of aromatic nitrogens is 1. The number of benzene rings is 1. The second-order valence-electron chi connectivity index (χ2n) is 3.75. The molecule has 0 saturated carbocycles. The van der Waals surface area contributed by atoms with Crippen molar-refractivity contribution in [3.05, 3.63) is 29.7 Å². The molecule has 0 saturated heterocycles. The Balaban J connectivity index is 2.30. The summed E-state index contributed by atoms with van der Waals surface area (Å²) in [4.78, 5) is 15.2. The van der Waals surface area contributed by atoms with Crippen LogP contribution >= 0.6 is 0 Å². The SMILES string of the molecule is O=C(O)c1cccc2nc(CCCCO)oc12. The molecule has 0 atom stereocenters. The highest BCUT2D eigenvalue weighted by molar-refractivity contribution is 5.99. The first-order chi connectivity index (χ1) is 8.22. The first kappa shape index (κ1) is 11.6. The van der Waals surface area contributed by atoms with Crippen molar-refractivity contribution in [2.45, 2.75) is 19.3 Å². The highest BCUT2D eigenvalue weighted by atomic mass is 16.4. The van der Waals surface area contributed by atoms with E-state index in [0.29, 0.717) is 29.8 Å². The zero-order valence-corrected chi connectivity index (χ0v) is 9.22. The van der Waals surface area contributed by atoms with E-state index in [2.05, 4.69) is 4.98 Å². The molecule has 0 spiro atoms. The topological polar surface area (TPSA) is 83.6 Å². The van der Waals surface area contributed by atoms with Crippen LogP contribution in [-0.4, -0.2) is 27.8 Å². The minimum Gasteiger partial charge on any atom is -0.478 e. The van der Waals surface area contributed by atoms with Gasteiger partial charge in [0.2, 0.25) is 0 Å². The van der Waals surface area contributed by atoms with Crippen LogP contribution in [0.25, 0.3) is 11.1 Å². The number of aliphatic hydroxyl groups is 1.